The van der Waals surface area contributed by atoms with E-state index < -0.39 is 30.1 Å². The molecule has 1 saturated carbocycles. The molecule has 1 N–H and O–H groups in total. The average molecular weight is 501 g/mol. The van der Waals surface area contributed by atoms with Gasteiger partial charge in [-0.3, -0.25) is 14.7 Å². The van der Waals surface area contributed by atoms with Crippen LogP contribution in [0.5, 0.6) is 5.88 Å². The second kappa shape index (κ2) is 8.19. The molecular formula is C24H22F3N5O4. The number of hydrogen-bond donors (Lipinski definition) is 1. The van der Waals surface area contributed by atoms with Gasteiger partial charge < -0.3 is 19.3 Å². The van der Waals surface area contributed by atoms with Crippen LogP contribution in [-0.4, -0.2) is 76.5 Å². The van der Waals surface area contributed by atoms with Crippen molar-refractivity contribution in [2.45, 2.75) is 36.6 Å². The molecule has 2 fully saturated rings. The summed E-state index contributed by atoms with van der Waals surface area (Å²) in [6.07, 6.45) is -4.42. The summed E-state index contributed by atoms with van der Waals surface area (Å²) in [6.45, 7) is -1.07. The first kappa shape index (κ1) is 22.8. The minimum absolute atomic E-state index is 0.0458. The van der Waals surface area contributed by atoms with Crippen molar-refractivity contribution in [3.8, 4) is 5.88 Å². The molecule has 1 aliphatic carbocycles. The van der Waals surface area contributed by atoms with Gasteiger partial charge in [-0.05, 0) is 17.7 Å². The second-order valence-corrected chi connectivity index (χ2v) is 9.33. The summed E-state index contributed by atoms with van der Waals surface area (Å²) in [5.74, 6) is -0.352. The molecule has 3 aromatic rings. The topological polar surface area (TPSA) is 101 Å². The number of pyridine rings is 1. The SMILES string of the molecule is O=C(CN1C(=O)C2(CC(Oc3ccc4[nH]ncc4n3)C2)c2ccccc21)N1CCOC(C(F)(F)F)C1. The van der Waals surface area contributed by atoms with Gasteiger partial charge in [0.15, 0.2) is 6.10 Å². The summed E-state index contributed by atoms with van der Waals surface area (Å²) >= 11 is 0. The first-order chi connectivity index (χ1) is 17.2. The highest BCUT2D eigenvalue weighted by Crippen LogP contribution is 2.54. The lowest BCUT2D eigenvalue weighted by molar-refractivity contribution is -0.236. The number of morpholine rings is 1. The number of halogens is 3. The number of alkyl halides is 3. The lowest BCUT2D eigenvalue weighted by atomic mass is 9.63. The van der Waals surface area contributed by atoms with Gasteiger partial charge in [-0.15, -0.1) is 0 Å². The summed E-state index contributed by atoms with van der Waals surface area (Å²) < 4.78 is 50.1. The number of anilines is 1. The Balaban J connectivity index is 1.17. The number of carbonyl (C=O) groups excluding carboxylic acids is 2. The Morgan fingerprint density at radius 3 is 2.83 bits per heavy atom. The fourth-order valence-corrected chi connectivity index (χ4v) is 5.31. The predicted molar refractivity (Wildman–Crippen MR) is 120 cm³/mol. The molecule has 188 valence electrons. The molecule has 1 aromatic carbocycles. The molecule has 36 heavy (non-hydrogen) atoms. The third kappa shape index (κ3) is 3.67. The number of para-hydroxylation sites is 1. The number of carbonyl (C=O) groups is 2. The molecule has 0 radical (unpaired) electrons. The van der Waals surface area contributed by atoms with E-state index in [1.165, 1.54) is 4.90 Å². The van der Waals surface area contributed by atoms with Gasteiger partial charge in [-0.2, -0.15) is 18.3 Å². The van der Waals surface area contributed by atoms with E-state index in [1.54, 1.807) is 24.4 Å². The first-order valence-electron chi connectivity index (χ1n) is 11.6. The normalized spacial score (nSPS) is 25.8. The van der Waals surface area contributed by atoms with Crippen LogP contribution in [0.25, 0.3) is 11.0 Å². The maximum absolute atomic E-state index is 13.6. The van der Waals surface area contributed by atoms with E-state index in [1.807, 2.05) is 18.2 Å². The average Bonchev–Trinajstić information content (AvgIpc) is 3.40. The van der Waals surface area contributed by atoms with E-state index in [0.29, 0.717) is 29.9 Å². The highest BCUT2D eigenvalue weighted by atomic mass is 19.4. The van der Waals surface area contributed by atoms with Crippen LogP contribution in [0, 0.1) is 0 Å². The molecule has 1 atom stereocenters. The van der Waals surface area contributed by atoms with Gasteiger partial charge in [0.2, 0.25) is 17.7 Å². The molecule has 2 aromatic heterocycles. The van der Waals surface area contributed by atoms with Crippen LogP contribution in [0.2, 0.25) is 0 Å². The van der Waals surface area contributed by atoms with E-state index in [4.69, 9.17) is 9.47 Å². The number of benzene rings is 1. The smallest absolute Gasteiger partial charge is 0.416 e. The van der Waals surface area contributed by atoms with Gasteiger partial charge in [0, 0.05) is 31.1 Å². The quantitative estimate of drug-likeness (QED) is 0.590. The van der Waals surface area contributed by atoms with Crippen LogP contribution >= 0.6 is 0 Å². The summed E-state index contributed by atoms with van der Waals surface area (Å²) in [7, 11) is 0. The molecule has 2 amide bonds. The third-order valence-corrected chi connectivity index (χ3v) is 7.15. The lowest BCUT2D eigenvalue weighted by Crippen LogP contribution is -2.56. The number of ether oxygens (including phenoxy) is 2. The monoisotopic (exact) mass is 501 g/mol. The van der Waals surface area contributed by atoms with Crippen molar-refractivity contribution in [2.75, 3.05) is 31.1 Å². The Morgan fingerprint density at radius 2 is 2.03 bits per heavy atom. The van der Waals surface area contributed by atoms with Crippen molar-refractivity contribution in [2.24, 2.45) is 0 Å². The first-order valence-corrected chi connectivity index (χ1v) is 11.6. The maximum Gasteiger partial charge on any atom is 0.416 e. The number of aromatic amines is 1. The van der Waals surface area contributed by atoms with Crippen LogP contribution in [-0.2, 0) is 19.7 Å². The Labute approximate surface area is 203 Å². The van der Waals surface area contributed by atoms with Gasteiger partial charge in [0.1, 0.15) is 18.2 Å². The third-order valence-electron chi connectivity index (χ3n) is 7.15. The van der Waals surface area contributed by atoms with E-state index in [-0.39, 0.29) is 31.7 Å². The maximum atomic E-state index is 13.6. The summed E-state index contributed by atoms with van der Waals surface area (Å²) in [5.41, 5.74) is 2.03. The Kier molecular flexibility index (Phi) is 5.18. The summed E-state index contributed by atoms with van der Waals surface area (Å²) in [6, 6.07) is 10.8. The molecular weight excluding hydrogens is 479 g/mol. The molecule has 1 spiro atoms. The number of fused-ring (bicyclic) bond motifs is 3. The van der Waals surface area contributed by atoms with Crippen LogP contribution in [0.15, 0.2) is 42.6 Å². The Bertz CT molecular complexity index is 1340. The largest absolute Gasteiger partial charge is 0.474 e. The molecule has 2 aliphatic heterocycles. The number of amides is 2. The van der Waals surface area contributed by atoms with Crippen LogP contribution in [0.3, 0.4) is 0 Å². The highest BCUT2D eigenvalue weighted by molar-refractivity contribution is 6.11. The zero-order chi connectivity index (χ0) is 25.1. The number of hydrogen-bond acceptors (Lipinski definition) is 6. The van der Waals surface area contributed by atoms with Crippen molar-refractivity contribution in [3.05, 3.63) is 48.2 Å². The van der Waals surface area contributed by atoms with Crippen molar-refractivity contribution in [1.82, 2.24) is 20.1 Å². The number of aromatic nitrogens is 3. The van der Waals surface area contributed by atoms with Gasteiger partial charge in [0.05, 0.1) is 30.3 Å². The fraction of sp³-hybridized carbons (Fsp3) is 0.417. The molecule has 4 heterocycles. The van der Waals surface area contributed by atoms with Gasteiger partial charge >= 0.3 is 6.18 Å². The van der Waals surface area contributed by atoms with Gasteiger partial charge in [-0.1, -0.05) is 18.2 Å². The van der Waals surface area contributed by atoms with Crippen molar-refractivity contribution in [3.63, 3.8) is 0 Å². The standard InChI is InChI=1S/C24H22F3N5O4/c25-24(26,27)19-12-31(7-8-35-19)21(33)13-32-18-4-2-1-3-15(18)23(22(32)34)9-14(10-23)36-20-6-5-16-17(29-20)11-28-30-16/h1-6,11,14,19H,7-10,12-13H2,(H,28,30). The molecule has 9 nitrogen and oxygen atoms in total. The zero-order valence-corrected chi connectivity index (χ0v) is 19.0. The minimum atomic E-state index is -4.56. The minimum Gasteiger partial charge on any atom is -0.474 e. The van der Waals surface area contributed by atoms with E-state index in [0.717, 1.165) is 16.0 Å². The van der Waals surface area contributed by atoms with Crippen molar-refractivity contribution >= 4 is 28.5 Å². The highest BCUT2D eigenvalue weighted by Gasteiger charge is 2.59. The van der Waals surface area contributed by atoms with Gasteiger partial charge in [0.25, 0.3) is 0 Å². The summed E-state index contributed by atoms with van der Waals surface area (Å²) in [5, 5.41) is 6.77. The summed E-state index contributed by atoms with van der Waals surface area (Å²) in [4.78, 5) is 33.5. The number of nitrogens with zero attached hydrogens (tertiary/aromatic N) is 4. The Morgan fingerprint density at radius 1 is 1.22 bits per heavy atom. The van der Waals surface area contributed by atoms with Crippen molar-refractivity contribution in [1.29, 1.82) is 0 Å². The molecule has 1 saturated heterocycles. The zero-order valence-electron chi connectivity index (χ0n) is 19.0. The van der Waals surface area contributed by atoms with Gasteiger partial charge in [-0.25, -0.2) is 4.98 Å². The van der Waals surface area contributed by atoms with E-state index in [2.05, 4.69) is 15.2 Å². The molecule has 6 rings (SSSR count). The number of H-pyrrole nitrogens is 1. The number of rotatable bonds is 4. The molecule has 0 bridgehead atoms. The van der Waals surface area contributed by atoms with Crippen LogP contribution in [0.4, 0.5) is 18.9 Å². The lowest BCUT2D eigenvalue weighted by Gasteiger charge is -2.43. The van der Waals surface area contributed by atoms with Crippen LogP contribution < -0.4 is 9.64 Å². The van der Waals surface area contributed by atoms with E-state index in [9.17, 15) is 22.8 Å². The van der Waals surface area contributed by atoms with E-state index >= 15 is 0 Å². The molecule has 1 unspecified atom stereocenters. The Hall–Kier alpha value is -3.67. The second-order valence-electron chi connectivity index (χ2n) is 9.33. The number of nitrogens with one attached hydrogen (secondary N) is 1. The van der Waals surface area contributed by atoms with Crippen LogP contribution in [0.1, 0.15) is 18.4 Å². The molecule has 3 aliphatic rings. The molecule has 12 heteroatoms. The fourth-order valence-electron chi connectivity index (χ4n) is 5.31. The predicted octanol–water partition coefficient (Wildman–Crippen LogP) is 2.57. The van der Waals surface area contributed by atoms with Crippen molar-refractivity contribution < 1.29 is 32.2 Å².